The van der Waals surface area contributed by atoms with Crippen LogP contribution in [0.15, 0.2) is 133 Å². The van der Waals surface area contributed by atoms with Crippen LogP contribution < -0.4 is 10.6 Å². The van der Waals surface area contributed by atoms with Crippen LogP contribution in [0.1, 0.15) is 52.7 Å². The van der Waals surface area contributed by atoms with Crippen LogP contribution in [0, 0.1) is 0 Å². The molecule has 2 N–H and O–H groups in total. The molecule has 0 aliphatic carbocycles. The van der Waals surface area contributed by atoms with E-state index in [0.29, 0.717) is 0 Å². The molecule has 0 saturated heterocycles. The van der Waals surface area contributed by atoms with Crippen molar-refractivity contribution in [1.29, 1.82) is 0 Å². The zero-order valence-electron chi connectivity index (χ0n) is 34.3. The monoisotopic (exact) mass is 756 g/mol. The van der Waals surface area contributed by atoms with E-state index in [1.54, 1.807) is 0 Å². The Balaban J connectivity index is 0.988. The molecule has 0 saturated carbocycles. The second kappa shape index (κ2) is 13.3. The Labute approximate surface area is 329 Å². The van der Waals surface area contributed by atoms with Crippen molar-refractivity contribution in [3.8, 4) is 0 Å². The maximum absolute atomic E-state index is 3.71. The summed E-state index contributed by atoms with van der Waals surface area (Å²) in [5.74, 6) is 0. The number of nitrogens with zero attached hydrogens (tertiary/aromatic N) is 2. The quantitative estimate of drug-likeness (QED) is 0.151. The standard InChI is InChI=1S/C49H56N4Si2/c1-48(2,3)54(7,8)52-44-17-13-11-15-40(44)42-29-27-38(32-46(42)52)50-36-23-19-34(20-24-36)31-35-21-25-37(26-22-35)51-39-28-30-43-41-16-12-14-18-45(41)53(47(43)33-39)55(9,10)49(4,5)6/h11-30,32-33,50-51H,31H2,1-10H3. The molecule has 0 spiro atoms. The SMILES string of the molecule is CC(C)(C)[Si](C)(C)n1c2ccccc2c2ccc(Nc3ccc(Cc4ccc(Nc5ccc6c7ccccc7n([Si](C)(C)C(C)(C)C)c6c5)cc4)cc3)cc21. The lowest BCUT2D eigenvalue weighted by atomic mass is 10.0. The minimum Gasteiger partial charge on any atom is -0.368 e. The fourth-order valence-corrected chi connectivity index (χ4v) is 12.5. The number of anilines is 4. The lowest BCUT2D eigenvalue weighted by Gasteiger charge is -2.39. The summed E-state index contributed by atoms with van der Waals surface area (Å²) in [6.07, 6.45) is 0.887. The van der Waals surface area contributed by atoms with Crippen LogP contribution in [-0.4, -0.2) is 24.9 Å². The summed E-state index contributed by atoms with van der Waals surface area (Å²) >= 11 is 0. The molecule has 0 unspecified atom stereocenters. The predicted octanol–water partition coefficient (Wildman–Crippen LogP) is 14.7. The van der Waals surface area contributed by atoms with Crippen LogP contribution in [0.3, 0.4) is 0 Å². The Morgan fingerprint density at radius 1 is 0.400 bits per heavy atom. The second-order valence-corrected chi connectivity index (χ2v) is 28.7. The number of hydrogen-bond donors (Lipinski definition) is 2. The van der Waals surface area contributed by atoms with E-state index in [2.05, 4.69) is 220 Å². The fraction of sp³-hybridized carbons (Fsp3) is 0.265. The molecular formula is C49H56N4Si2. The van der Waals surface area contributed by atoms with Gasteiger partial charge >= 0.3 is 0 Å². The van der Waals surface area contributed by atoms with Crippen molar-refractivity contribution in [3.05, 3.63) is 145 Å². The van der Waals surface area contributed by atoms with Crippen molar-refractivity contribution in [2.75, 3.05) is 10.6 Å². The molecule has 0 radical (unpaired) electrons. The van der Waals surface area contributed by atoms with Gasteiger partial charge < -0.3 is 19.1 Å². The van der Waals surface area contributed by atoms with Crippen molar-refractivity contribution >= 4 is 82.8 Å². The largest absolute Gasteiger partial charge is 0.368 e. The summed E-state index contributed by atoms with van der Waals surface area (Å²) in [7, 11) is -3.77. The zero-order chi connectivity index (χ0) is 38.9. The maximum atomic E-state index is 3.71. The van der Waals surface area contributed by atoms with Crippen molar-refractivity contribution in [3.63, 3.8) is 0 Å². The number of aromatic nitrogens is 2. The minimum absolute atomic E-state index is 0.209. The van der Waals surface area contributed by atoms with Gasteiger partial charge in [-0.05, 0) is 88.3 Å². The average Bonchev–Trinajstić information content (AvgIpc) is 3.65. The molecule has 0 aliphatic heterocycles. The van der Waals surface area contributed by atoms with Crippen LogP contribution in [0.25, 0.3) is 43.6 Å². The number of nitrogens with one attached hydrogen (secondary N) is 2. The highest BCUT2D eigenvalue weighted by atomic mass is 28.3. The molecule has 0 aliphatic rings. The molecule has 0 bridgehead atoms. The van der Waals surface area contributed by atoms with E-state index in [1.165, 1.54) is 54.7 Å². The van der Waals surface area contributed by atoms with E-state index in [0.717, 1.165) is 29.2 Å². The molecule has 2 aromatic heterocycles. The summed E-state index contributed by atoms with van der Waals surface area (Å²) in [5, 5.41) is 13.2. The summed E-state index contributed by atoms with van der Waals surface area (Å²) in [6.45, 7) is 24.4. The fourth-order valence-electron chi connectivity index (χ4n) is 7.95. The topological polar surface area (TPSA) is 33.9 Å². The summed E-state index contributed by atoms with van der Waals surface area (Å²) < 4.78 is 5.36. The number of benzene rings is 6. The summed E-state index contributed by atoms with van der Waals surface area (Å²) in [5.41, 5.74) is 12.4. The highest BCUT2D eigenvalue weighted by Crippen LogP contribution is 2.44. The lowest BCUT2D eigenvalue weighted by Crippen LogP contribution is -2.45. The molecule has 0 atom stereocenters. The van der Waals surface area contributed by atoms with Gasteiger partial charge in [-0.15, -0.1) is 0 Å². The Bertz CT molecular complexity index is 2500. The smallest absolute Gasteiger partial charge is 0.161 e. The Hall–Kier alpha value is -5.05. The van der Waals surface area contributed by atoms with Gasteiger partial charge in [-0.25, -0.2) is 0 Å². The van der Waals surface area contributed by atoms with Gasteiger partial charge in [-0.1, -0.05) is 141 Å². The van der Waals surface area contributed by atoms with E-state index in [4.69, 9.17) is 0 Å². The highest BCUT2D eigenvalue weighted by Gasteiger charge is 2.40. The number of hydrogen-bond acceptors (Lipinski definition) is 2. The zero-order valence-corrected chi connectivity index (χ0v) is 36.3. The van der Waals surface area contributed by atoms with Crippen LogP contribution in [0.5, 0.6) is 0 Å². The molecule has 280 valence electrons. The van der Waals surface area contributed by atoms with E-state index in [-0.39, 0.29) is 10.1 Å². The third-order valence-corrected chi connectivity index (χ3v) is 23.6. The maximum Gasteiger partial charge on any atom is 0.161 e. The van der Waals surface area contributed by atoms with E-state index >= 15 is 0 Å². The van der Waals surface area contributed by atoms with Crippen LogP contribution in [0.2, 0.25) is 36.3 Å². The lowest BCUT2D eigenvalue weighted by molar-refractivity contribution is 0.705. The normalized spacial score (nSPS) is 13.0. The molecule has 0 amide bonds. The van der Waals surface area contributed by atoms with Crippen molar-refractivity contribution in [2.45, 2.75) is 84.2 Å². The van der Waals surface area contributed by atoms with E-state index in [9.17, 15) is 0 Å². The predicted molar refractivity (Wildman–Crippen MR) is 246 cm³/mol. The van der Waals surface area contributed by atoms with Gasteiger partial charge in [0.1, 0.15) is 0 Å². The molecule has 6 heteroatoms. The third-order valence-electron chi connectivity index (χ3n) is 13.0. The summed E-state index contributed by atoms with van der Waals surface area (Å²) in [6, 6.07) is 49.4. The van der Waals surface area contributed by atoms with Gasteiger partial charge in [0.2, 0.25) is 0 Å². The van der Waals surface area contributed by atoms with E-state index < -0.39 is 16.5 Å². The first-order valence-corrected chi connectivity index (χ1v) is 25.7. The minimum atomic E-state index is -1.89. The van der Waals surface area contributed by atoms with Gasteiger partial charge in [0.05, 0.1) is 0 Å². The second-order valence-electron chi connectivity index (χ2n) is 18.6. The van der Waals surface area contributed by atoms with Gasteiger partial charge in [0, 0.05) is 66.4 Å². The Kier molecular flexibility index (Phi) is 8.93. The molecular weight excluding hydrogens is 701 g/mol. The number of para-hydroxylation sites is 2. The van der Waals surface area contributed by atoms with E-state index in [1.807, 2.05) is 0 Å². The molecule has 4 nitrogen and oxygen atoms in total. The van der Waals surface area contributed by atoms with Gasteiger partial charge in [-0.2, -0.15) is 0 Å². The highest BCUT2D eigenvalue weighted by molar-refractivity contribution is 6.80. The first-order valence-electron chi connectivity index (χ1n) is 19.8. The first-order chi connectivity index (χ1) is 26.0. The third kappa shape index (κ3) is 6.49. The van der Waals surface area contributed by atoms with Gasteiger partial charge in [0.25, 0.3) is 0 Å². The summed E-state index contributed by atoms with van der Waals surface area (Å²) in [4.78, 5) is 0. The molecule has 0 fully saturated rings. The van der Waals surface area contributed by atoms with Crippen molar-refractivity contribution in [2.24, 2.45) is 0 Å². The van der Waals surface area contributed by atoms with Crippen LogP contribution >= 0.6 is 0 Å². The first kappa shape index (κ1) is 36.9. The van der Waals surface area contributed by atoms with Gasteiger partial charge in [0.15, 0.2) is 16.5 Å². The molecule has 6 aromatic carbocycles. The molecule has 2 heterocycles. The average molecular weight is 757 g/mol. The Morgan fingerprint density at radius 3 is 1.09 bits per heavy atom. The van der Waals surface area contributed by atoms with Gasteiger partial charge in [-0.3, -0.25) is 0 Å². The van der Waals surface area contributed by atoms with Crippen LogP contribution in [0.4, 0.5) is 22.7 Å². The van der Waals surface area contributed by atoms with Crippen molar-refractivity contribution in [1.82, 2.24) is 8.47 Å². The van der Waals surface area contributed by atoms with Crippen LogP contribution in [-0.2, 0) is 6.42 Å². The molecule has 8 rings (SSSR count). The molecule has 55 heavy (non-hydrogen) atoms. The number of rotatable bonds is 8. The number of fused-ring (bicyclic) bond motifs is 6. The van der Waals surface area contributed by atoms with Crippen molar-refractivity contribution < 1.29 is 0 Å². The Morgan fingerprint density at radius 2 is 0.727 bits per heavy atom. The molecule has 8 aromatic rings.